The van der Waals surface area contributed by atoms with Gasteiger partial charge in [-0.2, -0.15) is 13.2 Å². The zero-order valence-electron chi connectivity index (χ0n) is 12.9. The predicted molar refractivity (Wildman–Crippen MR) is 87.2 cm³/mol. The smallest absolute Gasteiger partial charge is 0.326 e. The molecule has 0 saturated heterocycles. The van der Waals surface area contributed by atoms with Gasteiger partial charge in [0.15, 0.2) is 5.69 Å². The maximum Gasteiger partial charge on any atom is 0.416 e. The minimum atomic E-state index is -4.95. The first-order valence-electron chi connectivity index (χ1n) is 7.27. The Morgan fingerprint density at radius 1 is 1.00 bits per heavy atom. The molecule has 3 rings (SSSR count). The molecule has 1 heterocycles. The second-order valence-corrected chi connectivity index (χ2v) is 5.45. The number of para-hydroxylation sites is 1. The van der Waals surface area contributed by atoms with Crippen LogP contribution in [0.1, 0.15) is 11.1 Å². The zero-order valence-corrected chi connectivity index (χ0v) is 12.9. The van der Waals surface area contributed by atoms with Crippen molar-refractivity contribution < 1.29 is 23.0 Å². The van der Waals surface area contributed by atoms with E-state index in [1.165, 1.54) is 4.90 Å². The van der Waals surface area contributed by atoms with E-state index >= 15 is 0 Å². The van der Waals surface area contributed by atoms with Gasteiger partial charge in [-0.05, 0) is 11.6 Å². The lowest BCUT2D eigenvalue weighted by molar-refractivity contribution is -0.393. The molecular weight excluding hydrogens is 355 g/mol. The minimum Gasteiger partial charge on any atom is -0.326 e. The molecule has 0 N–H and O–H groups in total. The summed E-state index contributed by atoms with van der Waals surface area (Å²) in [5.41, 5.74) is -2.80. The molecular formula is C16H10F3N3O4. The van der Waals surface area contributed by atoms with Crippen LogP contribution in [0.15, 0.2) is 42.5 Å². The largest absolute Gasteiger partial charge is 0.416 e. The van der Waals surface area contributed by atoms with Crippen molar-refractivity contribution in [1.82, 2.24) is 0 Å². The lowest BCUT2D eigenvalue weighted by Gasteiger charge is -2.27. The molecule has 134 valence electrons. The maximum absolute atomic E-state index is 13.0. The molecule has 0 unspecified atom stereocenters. The third kappa shape index (κ3) is 2.96. The van der Waals surface area contributed by atoms with Gasteiger partial charge in [0, 0.05) is 24.4 Å². The molecule has 0 aromatic heterocycles. The number of nitro groups is 2. The highest BCUT2D eigenvalue weighted by molar-refractivity contribution is 5.86. The molecule has 0 amide bonds. The molecule has 0 bridgehead atoms. The lowest BCUT2D eigenvalue weighted by atomic mass is 10.0. The molecule has 0 aliphatic carbocycles. The number of alkyl halides is 3. The van der Waals surface area contributed by atoms with Gasteiger partial charge in [0.05, 0.1) is 15.4 Å². The van der Waals surface area contributed by atoms with Crippen molar-refractivity contribution in [3.8, 4) is 0 Å². The molecule has 10 heteroatoms. The van der Waals surface area contributed by atoms with Crippen molar-refractivity contribution in [2.45, 2.75) is 6.18 Å². The molecule has 7 nitrogen and oxygen atoms in total. The van der Waals surface area contributed by atoms with Crippen molar-refractivity contribution >= 4 is 28.8 Å². The van der Waals surface area contributed by atoms with Crippen molar-refractivity contribution in [3.63, 3.8) is 0 Å². The number of halogens is 3. The Morgan fingerprint density at radius 2 is 1.58 bits per heavy atom. The quantitative estimate of drug-likeness (QED) is 0.582. The van der Waals surface area contributed by atoms with Crippen LogP contribution < -0.4 is 4.90 Å². The maximum atomic E-state index is 13.0. The van der Waals surface area contributed by atoms with Gasteiger partial charge in [-0.1, -0.05) is 30.4 Å². The van der Waals surface area contributed by atoms with Crippen LogP contribution in [0.5, 0.6) is 0 Å². The van der Waals surface area contributed by atoms with E-state index in [0.29, 0.717) is 23.4 Å². The molecule has 0 fully saturated rings. The molecule has 0 radical (unpaired) electrons. The number of rotatable bonds is 3. The van der Waals surface area contributed by atoms with E-state index in [-0.39, 0.29) is 6.54 Å². The van der Waals surface area contributed by atoms with Crippen LogP contribution in [0.4, 0.5) is 35.9 Å². The number of fused-ring (bicyclic) bond motifs is 1. The summed E-state index contributed by atoms with van der Waals surface area (Å²) in [4.78, 5) is 22.0. The van der Waals surface area contributed by atoms with E-state index in [1.54, 1.807) is 36.4 Å². The Bertz CT molecular complexity index is 906. The third-order valence-corrected chi connectivity index (χ3v) is 3.87. The number of anilines is 2. The first kappa shape index (κ1) is 17.4. The Hall–Kier alpha value is -3.43. The van der Waals surface area contributed by atoms with E-state index in [1.807, 2.05) is 0 Å². The van der Waals surface area contributed by atoms with Crippen LogP contribution in [-0.4, -0.2) is 16.4 Å². The molecule has 2 aromatic rings. The van der Waals surface area contributed by atoms with Crippen molar-refractivity contribution in [2.75, 3.05) is 11.4 Å². The SMILES string of the molecule is O=[N+]([O-])c1cc(C(F)(F)F)cc([N+](=O)[O-])c1N1CC=Cc2ccccc21. The molecule has 1 aliphatic rings. The molecule has 0 spiro atoms. The highest BCUT2D eigenvalue weighted by atomic mass is 19.4. The van der Waals surface area contributed by atoms with Gasteiger partial charge in [-0.3, -0.25) is 20.2 Å². The summed E-state index contributed by atoms with van der Waals surface area (Å²) >= 11 is 0. The van der Waals surface area contributed by atoms with Crippen molar-refractivity contribution in [1.29, 1.82) is 0 Å². The van der Waals surface area contributed by atoms with Gasteiger partial charge < -0.3 is 4.90 Å². The van der Waals surface area contributed by atoms with Crippen LogP contribution in [-0.2, 0) is 6.18 Å². The second-order valence-electron chi connectivity index (χ2n) is 5.45. The summed E-state index contributed by atoms with van der Waals surface area (Å²) in [5.74, 6) is 0. The summed E-state index contributed by atoms with van der Waals surface area (Å²) in [5, 5.41) is 22.8. The number of nitro benzene ring substituents is 2. The van der Waals surface area contributed by atoms with Gasteiger partial charge >= 0.3 is 17.6 Å². The average molecular weight is 365 g/mol. The van der Waals surface area contributed by atoms with E-state index in [2.05, 4.69) is 0 Å². The highest BCUT2D eigenvalue weighted by Crippen LogP contribution is 2.46. The second kappa shape index (κ2) is 6.14. The van der Waals surface area contributed by atoms with Gasteiger partial charge in [-0.25, -0.2) is 0 Å². The lowest BCUT2D eigenvalue weighted by Crippen LogP contribution is -2.23. The normalized spacial score (nSPS) is 13.4. The van der Waals surface area contributed by atoms with Gasteiger partial charge in [0.25, 0.3) is 0 Å². The third-order valence-electron chi connectivity index (χ3n) is 3.87. The van der Waals surface area contributed by atoms with Crippen molar-refractivity contribution in [3.05, 3.63) is 73.8 Å². The Labute approximate surface area is 144 Å². The van der Waals surface area contributed by atoms with E-state index in [9.17, 15) is 33.4 Å². The summed E-state index contributed by atoms with van der Waals surface area (Å²) in [6, 6.07) is 7.27. The van der Waals surface area contributed by atoms with Crippen LogP contribution in [0.2, 0.25) is 0 Å². The Kier molecular flexibility index (Phi) is 4.10. The van der Waals surface area contributed by atoms with Crippen LogP contribution in [0, 0.1) is 20.2 Å². The Morgan fingerprint density at radius 3 is 2.12 bits per heavy atom. The first-order chi connectivity index (χ1) is 12.2. The standard InChI is InChI=1S/C16H10F3N3O4/c17-16(18,19)11-8-13(21(23)24)15(14(9-11)22(25)26)20-7-3-5-10-4-1-2-6-12(10)20/h1-6,8-9H,7H2. The van der Waals surface area contributed by atoms with Crippen molar-refractivity contribution in [2.24, 2.45) is 0 Å². The first-order valence-corrected chi connectivity index (χ1v) is 7.27. The van der Waals surface area contributed by atoms with Gasteiger partial charge in [0.2, 0.25) is 0 Å². The summed E-state index contributed by atoms with van der Waals surface area (Å²) in [6.07, 6.45) is -1.60. The number of benzene rings is 2. The van der Waals surface area contributed by atoms with Crippen LogP contribution in [0.25, 0.3) is 6.08 Å². The number of hydrogen-bond donors (Lipinski definition) is 0. The molecule has 0 atom stereocenters. The van der Waals surface area contributed by atoms with Gasteiger partial charge in [0.1, 0.15) is 0 Å². The fourth-order valence-corrected chi connectivity index (χ4v) is 2.79. The monoisotopic (exact) mass is 365 g/mol. The highest BCUT2D eigenvalue weighted by Gasteiger charge is 2.39. The fourth-order valence-electron chi connectivity index (χ4n) is 2.79. The van der Waals surface area contributed by atoms with E-state index in [0.717, 1.165) is 0 Å². The number of hydrogen-bond acceptors (Lipinski definition) is 5. The molecule has 0 saturated carbocycles. The van der Waals surface area contributed by atoms with E-state index in [4.69, 9.17) is 0 Å². The molecule has 1 aliphatic heterocycles. The topological polar surface area (TPSA) is 89.5 Å². The summed E-state index contributed by atoms with van der Waals surface area (Å²) in [6.45, 7) is 0.0457. The predicted octanol–water partition coefficient (Wildman–Crippen LogP) is 4.69. The molecule has 2 aromatic carbocycles. The van der Waals surface area contributed by atoms with Gasteiger partial charge in [-0.15, -0.1) is 0 Å². The van der Waals surface area contributed by atoms with Crippen LogP contribution >= 0.6 is 0 Å². The average Bonchev–Trinajstić information content (AvgIpc) is 2.59. The minimum absolute atomic E-state index is 0.0457. The fraction of sp³-hybridized carbons (Fsp3) is 0.125. The van der Waals surface area contributed by atoms with Crippen LogP contribution in [0.3, 0.4) is 0 Å². The zero-order chi connectivity index (χ0) is 19.1. The Balaban J connectivity index is 2.32. The van der Waals surface area contributed by atoms with E-state index < -0.39 is 38.6 Å². The molecule has 26 heavy (non-hydrogen) atoms. The number of nitrogens with zero attached hydrogens (tertiary/aromatic N) is 3. The summed E-state index contributed by atoms with van der Waals surface area (Å²) in [7, 11) is 0. The summed E-state index contributed by atoms with van der Waals surface area (Å²) < 4.78 is 39.1.